The van der Waals surface area contributed by atoms with E-state index in [0.717, 1.165) is 29.9 Å². The van der Waals surface area contributed by atoms with E-state index in [1.54, 1.807) is 0 Å². The Morgan fingerprint density at radius 2 is 1.70 bits per heavy atom. The molecule has 0 saturated heterocycles. The molecular formula is C18H22F2. The van der Waals surface area contributed by atoms with E-state index < -0.39 is 11.6 Å². The van der Waals surface area contributed by atoms with Gasteiger partial charge in [-0.05, 0) is 73.6 Å². The number of hydrogen-bond donors (Lipinski definition) is 0. The Hall–Kier alpha value is -1.18. The van der Waals surface area contributed by atoms with Crippen LogP contribution in [0.3, 0.4) is 0 Å². The van der Waals surface area contributed by atoms with Crippen LogP contribution in [0.15, 0.2) is 17.7 Å². The Balaban J connectivity index is 1.79. The Kier molecular flexibility index (Phi) is 3.91. The summed E-state index contributed by atoms with van der Waals surface area (Å²) < 4.78 is 26.6. The van der Waals surface area contributed by atoms with E-state index >= 15 is 0 Å². The maximum Gasteiger partial charge on any atom is 0.159 e. The first-order valence-electron chi connectivity index (χ1n) is 7.85. The molecule has 20 heavy (non-hydrogen) atoms. The van der Waals surface area contributed by atoms with Crippen molar-refractivity contribution in [3.63, 3.8) is 0 Å². The minimum atomic E-state index is -0.726. The van der Waals surface area contributed by atoms with Crippen molar-refractivity contribution in [2.75, 3.05) is 0 Å². The standard InChI is InChI=1S/C18H22F2/c1-2-12-3-5-13(6-4-12)14-7-8-15-10-17(19)18(20)11-16(15)9-14/h9-13H,2-8H2,1H3. The summed E-state index contributed by atoms with van der Waals surface area (Å²) in [5.41, 5.74) is 3.30. The fourth-order valence-corrected chi connectivity index (χ4v) is 3.77. The molecule has 0 N–H and O–H groups in total. The van der Waals surface area contributed by atoms with Crippen LogP contribution in [0.1, 0.15) is 56.6 Å². The van der Waals surface area contributed by atoms with Gasteiger partial charge < -0.3 is 0 Å². The van der Waals surface area contributed by atoms with Gasteiger partial charge in [0.25, 0.3) is 0 Å². The number of halogens is 2. The van der Waals surface area contributed by atoms with Crippen LogP contribution in [-0.4, -0.2) is 0 Å². The van der Waals surface area contributed by atoms with Crippen LogP contribution in [0.25, 0.3) is 6.08 Å². The fourth-order valence-electron chi connectivity index (χ4n) is 3.77. The first-order valence-corrected chi connectivity index (χ1v) is 7.85. The van der Waals surface area contributed by atoms with Gasteiger partial charge in [-0.1, -0.05) is 25.0 Å². The third-order valence-corrected chi connectivity index (χ3v) is 5.15. The van der Waals surface area contributed by atoms with Crippen LogP contribution >= 0.6 is 0 Å². The van der Waals surface area contributed by atoms with Crippen molar-refractivity contribution < 1.29 is 8.78 Å². The van der Waals surface area contributed by atoms with Crippen molar-refractivity contribution in [3.05, 3.63) is 40.5 Å². The number of fused-ring (bicyclic) bond motifs is 1. The second-order valence-corrected chi connectivity index (χ2v) is 6.31. The van der Waals surface area contributed by atoms with Gasteiger partial charge in [-0.25, -0.2) is 8.78 Å². The van der Waals surface area contributed by atoms with Gasteiger partial charge in [0, 0.05) is 0 Å². The van der Waals surface area contributed by atoms with Crippen LogP contribution in [-0.2, 0) is 6.42 Å². The highest BCUT2D eigenvalue weighted by Crippen LogP contribution is 2.39. The SMILES string of the molecule is CCC1CCC(C2=Cc3cc(F)c(F)cc3CC2)CC1. The highest BCUT2D eigenvalue weighted by Gasteiger charge is 2.25. The smallest absolute Gasteiger partial charge is 0.159 e. The molecule has 0 bridgehead atoms. The lowest BCUT2D eigenvalue weighted by atomic mass is 9.74. The van der Waals surface area contributed by atoms with Crippen molar-refractivity contribution in [2.24, 2.45) is 11.8 Å². The zero-order chi connectivity index (χ0) is 14.1. The van der Waals surface area contributed by atoms with E-state index in [1.165, 1.54) is 49.8 Å². The van der Waals surface area contributed by atoms with Crippen LogP contribution < -0.4 is 0 Å². The van der Waals surface area contributed by atoms with E-state index in [9.17, 15) is 8.78 Å². The van der Waals surface area contributed by atoms with Crippen molar-refractivity contribution in [1.82, 2.24) is 0 Å². The molecule has 0 aliphatic heterocycles. The molecule has 0 unspecified atom stereocenters. The number of rotatable bonds is 2. The molecule has 0 atom stereocenters. The summed E-state index contributed by atoms with van der Waals surface area (Å²) in [7, 11) is 0. The molecule has 0 spiro atoms. The molecule has 0 radical (unpaired) electrons. The Labute approximate surface area is 119 Å². The van der Waals surface area contributed by atoms with Crippen LogP contribution in [0.5, 0.6) is 0 Å². The van der Waals surface area contributed by atoms with Crippen molar-refractivity contribution in [2.45, 2.75) is 51.9 Å². The van der Waals surface area contributed by atoms with E-state index in [-0.39, 0.29) is 0 Å². The van der Waals surface area contributed by atoms with E-state index in [2.05, 4.69) is 13.0 Å². The van der Waals surface area contributed by atoms with Gasteiger partial charge in [-0.2, -0.15) is 0 Å². The summed E-state index contributed by atoms with van der Waals surface area (Å²) in [6, 6.07) is 2.73. The van der Waals surface area contributed by atoms with Gasteiger partial charge in [0.05, 0.1) is 0 Å². The third kappa shape index (κ3) is 2.65. The third-order valence-electron chi connectivity index (χ3n) is 5.15. The molecule has 2 aliphatic rings. The average Bonchev–Trinajstić information content (AvgIpc) is 2.48. The average molecular weight is 276 g/mol. The molecule has 0 nitrogen and oxygen atoms in total. The monoisotopic (exact) mass is 276 g/mol. The fraction of sp³-hybridized carbons (Fsp3) is 0.556. The Bertz CT molecular complexity index is 522. The Morgan fingerprint density at radius 1 is 1.00 bits per heavy atom. The molecule has 1 aromatic rings. The molecule has 2 heteroatoms. The molecule has 0 amide bonds. The summed E-state index contributed by atoms with van der Waals surface area (Å²) in [5.74, 6) is 0.119. The summed E-state index contributed by atoms with van der Waals surface area (Å²) in [4.78, 5) is 0. The maximum absolute atomic E-state index is 13.4. The first kappa shape index (κ1) is 13.8. The Morgan fingerprint density at radius 3 is 2.40 bits per heavy atom. The largest absolute Gasteiger partial charge is 0.204 e. The highest BCUT2D eigenvalue weighted by atomic mass is 19.2. The molecule has 108 valence electrons. The number of aryl methyl sites for hydroxylation is 1. The van der Waals surface area contributed by atoms with Crippen molar-refractivity contribution in [1.29, 1.82) is 0 Å². The van der Waals surface area contributed by atoms with Gasteiger partial charge in [0.2, 0.25) is 0 Å². The number of benzene rings is 1. The molecule has 1 fully saturated rings. The van der Waals surface area contributed by atoms with E-state index in [1.807, 2.05) is 0 Å². The molecule has 0 aromatic heterocycles. The zero-order valence-electron chi connectivity index (χ0n) is 12.1. The first-order chi connectivity index (χ1) is 9.67. The molecule has 0 heterocycles. The summed E-state index contributed by atoms with van der Waals surface area (Å²) >= 11 is 0. The van der Waals surface area contributed by atoms with E-state index in [4.69, 9.17) is 0 Å². The lowest BCUT2D eigenvalue weighted by Gasteiger charge is -2.31. The summed E-state index contributed by atoms with van der Waals surface area (Å²) in [6.07, 6.45) is 10.5. The molecule has 3 rings (SSSR count). The maximum atomic E-state index is 13.4. The quantitative estimate of drug-likeness (QED) is 0.668. The van der Waals surface area contributed by atoms with Gasteiger partial charge in [-0.3, -0.25) is 0 Å². The normalized spacial score (nSPS) is 26.1. The minimum Gasteiger partial charge on any atom is -0.204 e. The lowest BCUT2D eigenvalue weighted by Crippen LogP contribution is -2.17. The number of allylic oxidation sites excluding steroid dienone is 1. The van der Waals surface area contributed by atoms with Crippen LogP contribution in [0.4, 0.5) is 8.78 Å². The lowest BCUT2D eigenvalue weighted by molar-refractivity contribution is 0.292. The number of hydrogen-bond acceptors (Lipinski definition) is 0. The summed E-state index contributed by atoms with van der Waals surface area (Å²) in [6.45, 7) is 2.28. The van der Waals surface area contributed by atoms with Crippen LogP contribution in [0, 0.1) is 23.5 Å². The van der Waals surface area contributed by atoms with Gasteiger partial charge in [0.15, 0.2) is 11.6 Å². The predicted molar refractivity (Wildman–Crippen MR) is 78.4 cm³/mol. The zero-order valence-corrected chi connectivity index (χ0v) is 12.1. The highest BCUT2D eigenvalue weighted by molar-refractivity contribution is 5.60. The minimum absolute atomic E-state index is 0.666. The molecule has 1 saturated carbocycles. The van der Waals surface area contributed by atoms with Crippen molar-refractivity contribution in [3.8, 4) is 0 Å². The van der Waals surface area contributed by atoms with Gasteiger partial charge in [-0.15, -0.1) is 0 Å². The topological polar surface area (TPSA) is 0 Å². The van der Waals surface area contributed by atoms with E-state index in [0.29, 0.717) is 5.92 Å². The summed E-state index contributed by atoms with van der Waals surface area (Å²) in [5, 5.41) is 0. The van der Waals surface area contributed by atoms with Crippen molar-refractivity contribution >= 4 is 6.08 Å². The molecule has 1 aromatic carbocycles. The molecule has 2 aliphatic carbocycles. The molecular weight excluding hydrogens is 254 g/mol. The van der Waals surface area contributed by atoms with Crippen LogP contribution in [0.2, 0.25) is 0 Å². The second-order valence-electron chi connectivity index (χ2n) is 6.31. The van der Waals surface area contributed by atoms with Gasteiger partial charge >= 0.3 is 0 Å². The second kappa shape index (κ2) is 5.67. The predicted octanol–water partition coefficient (Wildman–Crippen LogP) is 5.51. The van der Waals surface area contributed by atoms with Gasteiger partial charge in [0.1, 0.15) is 0 Å².